The second kappa shape index (κ2) is 8.81. The van der Waals surface area contributed by atoms with Crippen molar-refractivity contribution in [2.75, 3.05) is 26.7 Å². The number of piperazine rings is 1. The van der Waals surface area contributed by atoms with Crippen molar-refractivity contribution >= 4 is 0 Å². The first-order valence-electron chi connectivity index (χ1n) is 10.3. The van der Waals surface area contributed by atoms with Gasteiger partial charge in [0.2, 0.25) is 0 Å². The number of alkyl halides is 3. The first kappa shape index (κ1) is 21.5. The Labute approximate surface area is 179 Å². The third-order valence-corrected chi connectivity index (χ3v) is 5.86. The Balaban J connectivity index is 1.69. The summed E-state index contributed by atoms with van der Waals surface area (Å²) in [5, 5.41) is 0. The zero-order valence-electron chi connectivity index (χ0n) is 17.2. The molecule has 0 aromatic heterocycles. The van der Waals surface area contributed by atoms with Crippen LogP contribution in [0.1, 0.15) is 22.7 Å². The molecule has 0 spiro atoms. The topological polar surface area (TPSA) is 6.48 Å². The van der Waals surface area contributed by atoms with Gasteiger partial charge in [-0.1, -0.05) is 54.6 Å². The van der Waals surface area contributed by atoms with Crippen molar-refractivity contribution in [3.05, 3.63) is 95.3 Å². The molecule has 1 aliphatic heterocycles. The van der Waals surface area contributed by atoms with E-state index in [4.69, 9.17) is 0 Å². The average Bonchev–Trinajstić information content (AvgIpc) is 2.75. The quantitative estimate of drug-likeness (QED) is 0.470. The molecule has 1 saturated heterocycles. The fraction of sp³-hybridized carbons (Fsp3) is 0.280. The van der Waals surface area contributed by atoms with Gasteiger partial charge >= 0.3 is 6.18 Å². The van der Waals surface area contributed by atoms with Crippen molar-refractivity contribution in [3.8, 4) is 11.1 Å². The van der Waals surface area contributed by atoms with Gasteiger partial charge in [0, 0.05) is 32.2 Å². The summed E-state index contributed by atoms with van der Waals surface area (Å²) in [6.45, 7) is 2.91. The maximum absolute atomic E-state index is 13.6. The number of hydrogen-bond acceptors (Lipinski definition) is 2. The molecule has 0 N–H and O–H groups in total. The lowest BCUT2D eigenvalue weighted by Crippen LogP contribution is -2.46. The van der Waals surface area contributed by atoms with Gasteiger partial charge < -0.3 is 4.90 Å². The molecular weight excluding hydrogens is 404 g/mol. The highest BCUT2D eigenvalue weighted by atomic mass is 19.4. The van der Waals surface area contributed by atoms with Crippen LogP contribution < -0.4 is 0 Å². The standard InChI is InChI=1S/C25H24F4N2/c1-30-14-15-31(24(17-30)18-10-12-20(26)13-11-18)16-19-6-2-3-7-21(19)22-8-4-5-9-23(22)25(27,28)29/h2-13,24H,14-17H2,1H3/t24-/m1/s1. The summed E-state index contributed by atoms with van der Waals surface area (Å²) in [4.78, 5) is 4.48. The second-order valence-corrected chi connectivity index (χ2v) is 8.00. The molecule has 0 bridgehead atoms. The summed E-state index contributed by atoms with van der Waals surface area (Å²) in [7, 11) is 2.04. The smallest absolute Gasteiger partial charge is 0.303 e. The Morgan fingerprint density at radius 1 is 0.839 bits per heavy atom. The van der Waals surface area contributed by atoms with Crippen LogP contribution in [-0.2, 0) is 12.7 Å². The normalized spacial score (nSPS) is 18.3. The first-order chi connectivity index (χ1) is 14.8. The highest BCUT2D eigenvalue weighted by Gasteiger charge is 2.34. The largest absolute Gasteiger partial charge is 0.417 e. The van der Waals surface area contributed by atoms with E-state index in [0.717, 1.165) is 36.8 Å². The number of benzene rings is 3. The van der Waals surface area contributed by atoms with E-state index in [1.165, 1.54) is 24.3 Å². The van der Waals surface area contributed by atoms with Crippen LogP contribution in [0, 0.1) is 5.82 Å². The molecule has 0 unspecified atom stereocenters. The zero-order chi connectivity index (χ0) is 22.0. The summed E-state index contributed by atoms with van der Waals surface area (Å²) >= 11 is 0. The van der Waals surface area contributed by atoms with E-state index in [-0.39, 0.29) is 17.4 Å². The molecule has 1 fully saturated rings. The minimum absolute atomic E-state index is 0.0327. The summed E-state index contributed by atoms with van der Waals surface area (Å²) in [6, 6.07) is 19.5. The molecule has 0 saturated carbocycles. The third-order valence-electron chi connectivity index (χ3n) is 5.86. The number of rotatable bonds is 4. The minimum atomic E-state index is -4.42. The molecule has 162 valence electrons. The molecule has 3 aromatic carbocycles. The van der Waals surface area contributed by atoms with E-state index in [2.05, 4.69) is 9.80 Å². The number of hydrogen-bond donors (Lipinski definition) is 0. The summed E-state index contributed by atoms with van der Waals surface area (Å²) in [6.07, 6.45) is -4.42. The van der Waals surface area contributed by atoms with E-state index >= 15 is 0 Å². The zero-order valence-corrected chi connectivity index (χ0v) is 17.2. The van der Waals surface area contributed by atoms with Gasteiger partial charge in [-0.15, -0.1) is 0 Å². The molecule has 4 rings (SSSR count). The molecule has 31 heavy (non-hydrogen) atoms. The molecule has 0 radical (unpaired) electrons. The van der Waals surface area contributed by atoms with Gasteiger partial charge in [0.25, 0.3) is 0 Å². The van der Waals surface area contributed by atoms with Crippen LogP contribution in [-0.4, -0.2) is 36.5 Å². The van der Waals surface area contributed by atoms with Crippen LogP contribution >= 0.6 is 0 Å². The molecule has 0 amide bonds. The lowest BCUT2D eigenvalue weighted by molar-refractivity contribution is -0.137. The van der Waals surface area contributed by atoms with Crippen molar-refractivity contribution in [1.29, 1.82) is 0 Å². The van der Waals surface area contributed by atoms with Crippen molar-refractivity contribution in [1.82, 2.24) is 9.80 Å². The number of nitrogens with zero attached hydrogens (tertiary/aromatic N) is 2. The lowest BCUT2D eigenvalue weighted by atomic mass is 9.94. The Hall–Kier alpha value is -2.70. The van der Waals surface area contributed by atoms with Gasteiger partial charge in [-0.25, -0.2) is 4.39 Å². The van der Waals surface area contributed by atoms with Crippen molar-refractivity contribution in [2.24, 2.45) is 0 Å². The maximum Gasteiger partial charge on any atom is 0.417 e. The van der Waals surface area contributed by atoms with Crippen LogP contribution in [0.3, 0.4) is 0 Å². The predicted molar refractivity (Wildman–Crippen MR) is 114 cm³/mol. The minimum Gasteiger partial charge on any atom is -0.303 e. The summed E-state index contributed by atoms with van der Waals surface area (Å²) in [5.74, 6) is -0.284. The van der Waals surface area contributed by atoms with E-state index in [9.17, 15) is 17.6 Å². The lowest BCUT2D eigenvalue weighted by Gasteiger charge is -2.40. The molecule has 1 aliphatic rings. The Kier molecular flexibility index (Phi) is 6.12. The van der Waals surface area contributed by atoms with Crippen LogP contribution in [0.25, 0.3) is 11.1 Å². The number of likely N-dealkylation sites (N-methyl/N-ethyl adjacent to an activating group) is 1. The summed E-state index contributed by atoms with van der Waals surface area (Å²) < 4.78 is 54.3. The van der Waals surface area contributed by atoms with Gasteiger partial charge in [0.15, 0.2) is 0 Å². The molecule has 1 atom stereocenters. The fourth-order valence-corrected chi connectivity index (χ4v) is 4.25. The highest BCUT2D eigenvalue weighted by molar-refractivity contribution is 5.71. The molecule has 3 aromatic rings. The van der Waals surface area contributed by atoms with Crippen LogP contribution in [0.5, 0.6) is 0 Å². The van der Waals surface area contributed by atoms with Gasteiger partial charge in [0.1, 0.15) is 5.82 Å². The van der Waals surface area contributed by atoms with Crippen molar-refractivity contribution in [3.63, 3.8) is 0 Å². The molecule has 6 heteroatoms. The van der Waals surface area contributed by atoms with Gasteiger partial charge in [-0.2, -0.15) is 13.2 Å². The van der Waals surface area contributed by atoms with E-state index in [1.807, 2.05) is 19.2 Å². The third kappa shape index (κ3) is 4.81. The fourth-order valence-electron chi connectivity index (χ4n) is 4.25. The predicted octanol–water partition coefficient (Wildman–Crippen LogP) is 6.00. The highest BCUT2D eigenvalue weighted by Crippen LogP contribution is 2.39. The Morgan fingerprint density at radius 2 is 1.48 bits per heavy atom. The monoisotopic (exact) mass is 428 g/mol. The molecule has 2 nitrogen and oxygen atoms in total. The van der Waals surface area contributed by atoms with E-state index in [0.29, 0.717) is 12.1 Å². The molecule has 0 aliphatic carbocycles. The maximum atomic E-state index is 13.6. The van der Waals surface area contributed by atoms with E-state index in [1.54, 1.807) is 30.3 Å². The van der Waals surface area contributed by atoms with Crippen molar-refractivity contribution < 1.29 is 17.6 Å². The Bertz CT molecular complexity index is 1030. The van der Waals surface area contributed by atoms with Gasteiger partial charge in [-0.3, -0.25) is 4.90 Å². The molecule has 1 heterocycles. The van der Waals surface area contributed by atoms with E-state index < -0.39 is 11.7 Å². The van der Waals surface area contributed by atoms with Crippen molar-refractivity contribution in [2.45, 2.75) is 18.8 Å². The summed E-state index contributed by atoms with van der Waals surface area (Å²) in [5.41, 5.74) is 2.00. The molecular formula is C25H24F4N2. The average molecular weight is 428 g/mol. The van der Waals surface area contributed by atoms with Crippen LogP contribution in [0.15, 0.2) is 72.8 Å². The van der Waals surface area contributed by atoms with Crippen LogP contribution in [0.2, 0.25) is 0 Å². The second-order valence-electron chi connectivity index (χ2n) is 8.00. The Morgan fingerprint density at radius 3 is 2.19 bits per heavy atom. The first-order valence-corrected chi connectivity index (χ1v) is 10.3. The van der Waals surface area contributed by atoms with Gasteiger partial charge in [-0.05, 0) is 47.5 Å². The van der Waals surface area contributed by atoms with Gasteiger partial charge in [0.05, 0.1) is 5.56 Å². The van der Waals surface area contributed by atoms with Crippen LogP contribution in [0.4, 0.5) is 17.6 Å². The SMILES string of the molecule is CN1CCN(Cc2ccccc2-c2ccccc2C(F)(F)F)[C@@H](c2ccc(F)cc2)C1. The number of halogens is 4.